The van der Waals surface area contributed by atoms with Crippen LogP contribution in [0.3, 0.4) is 0 Å². The van der Waals surface area contributed by atoms with Crippen molar-refractivity contribution in [1.29, 1.82) is 0 Å². The zero-order valence-electron chi connectivity index (χ0n) is 19.5. The second-order valence-corrected chi connectivity index (χ2v) is 9.77. The maximum absolute atomic E-state index is 13.5. The van der Waals surface area contributed by atoms with Crippen LogP contribution in [0.15, 0.2) is 54.6 Å². The zero-order valence-corrected chi connectivity index (χ0v) is 20.2. The van der Waals surface area contributed by atoms with Crippen LogP contribution < -0.4 is 0 Å². The molecule has 0 radical (unpaired) electrons. The van der Waals surface area contributed by atoms with Crippen LogP contribution in [0.4, 0.5) is 0 Å². The monoisotopic (exact) mass is 467 g/mol. The quantitative estimate of drug-likeness (QED) is 0.571. The van der Waals surface area contributed by atoms with E-state index in [1.165, 1.54) is 0 Å². The van der Waals surface area contributed by atoms with Crippen LogP contribution in [0, 0.1) is 0 Å². The number of halogens is 1. The van der Waals surface area contributed by atoms with E-state index in [0.29, 0.717) is 29.9 Å². The molecule has 33 heavy (non-hydrogen) atoms. The first-order valence-electron chi connectivity index (χ1n) is 12.1. The Balaban J connectivity index is 1.35. The van der Waals surface area contributed by atoms with Gasteiger partial charge < -0.3 is 14.7 Å². The molecule has 1 atom stereocenters. The number of likely N-dealkylation sites (N-methyl/N-ethyl adjacent to an activating group) is 1. The summed E-state index contributed by atoms with van der Waals surface area (Å²) in [4.78, 5) is 31.9. The van der Waals surface area contributed by atoms with Gasteiger partial charge in [-0.15, -0.1) is 0 Å². The highest BCUT2D eigenvalue weighted by molar-refractivity contribution is 6.30. The van der Waals surface area contributed by atoms with E-state index in [-0.39, 0.29) is 11.8 Å². The second kappa shape index (κ2) is 11.2. The lowest BCUT2D eigenvalue weighted by atomic mass is 9.93. The number of hydrogen-bond acceptors (Lipinski definition) is 3. The van der Waals surface area contributed by atoms with Gasteiger partial charge >= 0.3 is 0 Å². The summed E-state index contributed by atoms with van der Waals surface area (Å²) in [6, 6.07) is 18.2. The highest BCUT2D eigenvalue weighted by Gasteiger charge is 2.31. The fourth-order valence-electron chi connectivity index (χ4n) is 5.15. The van der Waals surface area contributed by atoms with E-state index in [1.807, 2.05) is 54.4 Å². The normalized spacial score (nSPS) is 18.5. The van der Waals surface area contributed by atoms with Crippen LogP contribution in [-0.4, -0.2) is 65.8 Å². The first-order chi connectivity index (χ1) is 16.0. The Morgan fingerprint density at radius 3 is 2.39 bits per heavy atom. The van der Waals surface area contributed by atoms with E-state index in [2.05, 4.69) is 21.9 Å². The maximum Gasteiger partial charge on any atom is 0.230 e. The van der Waals surface area contributed by atoms with Crippen molar-refractivity contribution in [3.63, 3.8) is 0 Å². The average molecular weight is 468 g/mol. The molecule has 6 heteroatoms. The zero-order chi connectivity index (χ0) is 23.2. The predicted molar refractivity (Wildman–Crippen MR) is 132 cm³/mol. The van der Waals surface area contributed by atoms with Gasteiger partial charge in [0.15, 0.2) is 0 Å². The molecule has 0 bridgehead atoms. The number of amides is 2. The molecule has 5 nitrogen and oxygen atoms in total. The van der Waals surface area contributed by atoms with E-state index >= 15 is 0 Å². The minimum absolute atomic E-state index is 0.147. The fraction of sp³-hybridized carbons (Fsp3) is 0.481. The summed E-state index contributed by atoms with van der Waals surface area (Å²) < 4.78 is 0. The Kier molecular flexibility index (Phi) is 8.05. The summed E-state index contributed by atoms with van der Waals surface area (Å²) in [6.07, 6.45) is 4.58. The van der Waals surface area contributed by atoms with Gasteiger partial charge in [0.1, 0.15) is 0 Å². The minimum atomic E-state index is -0.165. The molecule has 2 aromatic carbocycles. The van der Waals surface area contributed by atoms with Gasteiger partial charge in [-0.25, -0.2) is 0 Å². The molecule has 176 valence electrons. The number of carbonyl (C=O) groups excluding carboxylic acids is 2. The molecule has 2 amide bonds. The van der Waals surface area contributed by atoms with Crippen molar-refractivity contribution in [2.24, 2.45) is 0 Å². The molecule has 2 heterocycles. The SMILES string of the molecule is CN(Cc1ccc(Cl)cc1)C(=O)C(CCN1CCC(N2CCCC2=O)CC1)c1ccccc1. The summed E-state index contributed by atoms with van der Waals surface area (Å²) in [5.41, 5.74) is 2.14. The van der Waals surface area contributed by atoms with Crippen molar-refractivity contribution in [2.45, 2.75) is 50.6 Å². The molecule has 0 N–H and O–H groups in total. The molecule has 0 aromatic heterocycles. The first kappa shape index (κ1) is 23.8. The third-order valence-corrected chi connectivity index (χ3v) is 7.30. The lowest BCUT2D eigenvalue weighted by Crippen LogP contribution is -2.46. The Labute approximate surface area is 202 Å². The molecular weight excluding hydrogens is 434 g/mol. The van der Waals surface area contributed by atoms with Gasteiger partial charge in [0.25, 0.3) is 0 Å². The lowest BCUT2D eigenvalue weighted by Gasteiger charge is -2.37. The van der Waals surface area contributed by atoms with Gasteiger partial charge in [-0.2, -0.15) is 0 Å². The predicted octanol–water partition coefficient (Wildman–Crippen LogP) is 4.56. The van der Waals surface area contributed by atoms with Crippen LogP contribution in [0.5, 0.6) is 0 Å². The Bertz CT molecular complexity index is 926. The number of piperidine rings is 1. The number of rotatable bonds is 8. The number of benzene rings is 2. The average Bonchev–Trinajstić information content (AvgIpc) is 3.27. The molecule has 0 aliphatic carbocycles. The van der Waals surface area contributed by atoms with Crippen molar-refractivity contribution >= 4 is 23.4 Å². The Morgan fingerprint density at radius 1 is 1.06 bits per heavy atom. The lowest BCUT2D eigenvalue weighted by molar-refractivity contribution is -0.133. The van der Waals surface area contributed by atoms with E-state index in [0.717, 1.165) is 63.0 Å². The smallest absolute Gasteiger partial charge is 0.230 e. The van der Waals surface area contributed by atoms with Crippen LogP contribution in [0.2, 0.25) is 5.02 Å². The highest BCUT2D eigenvalue weighted by atomic mass is 35.5. The highest BCUT2D eigenvalue weighted by Crippen LogP contribution is 2.26. The van der Waals surface area contributed by atoms with Crippen LogP contribution in [0.1, 0.15) is 49.1 Å². The number of hydrogen-bond donors (Lipinski definition) is 0. The van der Waals surface area contributed by atoms with E-state index in [1.54, 1.807) is 0 Å². The van der Waals surface area contributed by atoms with Crippen LogP contribution in [0.25, 0.3) is 0 Å². The van der Waals surface area contributed by atoms with E-state index in [9.17, 15) is 9.59 Å². The fourth-order valence-corrected chi connectivity index (χ4v) is 5.27. The van der Waals surface area contributed by atoms with Crippen molar-refractivity contribution in [3.8, 4) is 0 Å². The van der Waals surface area contributed by atoms with E-state index < -0.39 is 0 Å². The van der Waals surface area contributed by atoms with Crippen molar-refractivity contribution in [2.75, 3.05) is 33.2 Å². The Morgan fingerprint density at radius 2 is 1.76 bits per heavy atom. The molecular formula is C27H34ClN3O2. The summed E-state index contributed by atoms with van der Waals surface area (Å²) in [5.74, 6) is 0.307. The summed E-state index contributed by atoms with van der Waals surface area (Å²) in [5, 5.41) is 0.702. The van der Waals surface area contributed by atoms with Gasteiger partial charge in [-0.05, 0) is 55.5 Å². The molecule has 2 fully saturated rings. The van der Waals surface area contributed by atoms with Gasteiger partial charge in [-0.1, -0.05) is 54.1 Å². The molecule has 2 aliphatic rings. The third kappa shape index (κ3) is 6.15. The molecule has 4 rings (SSSR count). The van der Waals surface area contributed by atoms with Gasteiger partial charge in [0.2, 0.25) is 11.8 Å². The molecule has 2 aromatic rings. The molecule has 0 saturated carbocycles. The molecule has 0 spiro atoms. The van der Waals surface area contributed by atoms with Gasteiger partial charge in [0.05, 0.1) is 5.92 Å². The molecule has 2 aliphatic heterocycles. The third-order valence-electron chi connectivity index (χ3n) is 7.05. The summed E-state index contributed by atoms with van der Waals surface area (Å²) >= 11 is 6.00. The molecule has 1 unspecified atom stereocenters. The number of nitrogens with zero attached hydrogens (tertiary/aromatic N) is 3. The summed E-state index contributed by atoms with van der Waals surface area (Å²) in [6.45, 7) is 4.36. The molecule has 2 saturated heterocycles. The van der Waals surface area contributed by atoms with Crippen molar-refractivity contribution in [1.82, 2.24) is 14.7 Å². The van der Waals surface area contributed by atoms with E-state index in [4.69, 9.17) is 11.6 Å². The van der Waals surface area contributed by atoms with Crippen LogP contribution >= 0.6 is 11.6 Å². The maximum atomic E-state index is 13.5. The Hall–Kier alpha value is -2.37. The van der Waals surface area contributed by atoms with Gasteiger partial charge in [0, 0.05) is 50.7 Å². The summed E-state index contributed by atoms with van der Waals surface area (Å²) in [7, 11) is 1.88. The second-order valence-electron chi connectivity index (χ2n) is 9.34. The van der Waals surface area contributed by atoms with Crippen LogP contribution in [-0.2, 0) is 16.1 Å². The number of likely N-dealkylation sites (tertiary alicyclic amines) is 2. The number of carbonyl (C=O) groups is 2. The minimum Gasteiger partial charge on any atom is -0.341 e. The largest absolute Gasteiger partial charge is 0.341 e. The first-order valence-corrected chi connectivity index (χ1v) is 12.5. The standard InChI is InChI=1S/C27H34ClN3O2/c1-29(20-21-9-11-23(28)12-10-21)27(33)25(22-6-3-2-4-7-22)15-19-30-17-13-24(14-18-30)31-16-5-8-26(31)32/h2-4,6-7,9-12,24-25H,5,8,13-20H2,1H3. The van der Waals surface area contributed by atoms with Crippen molar-refractivity contribution in [3.05, 3.63) is 70.7 Å². The topological polar surface area (TPSA) is 43.9 Å². The van der Waals surface area contributed by atoms with Crippen molar-refractivity contribution < 1.29 is 9.59 Å². The van der Waals surface area contributed by atoms with Gasteiger partial charge in [-0.3, -0.25) is 9.59 Å².